The molecule has 0 saturated carbocycles. The summed E-state index contributed by atoms with van der Waals surface area (Å²) in [6.45, 7) is 3.99. The first-order valence-corrected chi connectivity index (χ1v) is 2.68. The predicted molar refractivity (Wildman–Crippen MR) is 32.7 cm³/mol. The van der Waals surface area contributed by atoms with E-state index >= 15 is 0 Å². The van der Waals surface area contributed by atoms with Gasteiger partial charge in [-0.2, -0.15) is 0 Å². The Morgan fingerprint density at radius 1 is 1.67 bits per heavy atom. The lowest BCUT2D eigenvalue weighted by Gasteiger charge is -1.77. The predicted octanol–water partition coefficient (Wildman–Crippen LogP) is 2.51. The van der Waals surface area contributed by atoms with Gasteiger partial charge in [-0.15, -0.1) is 0 Å². The largest absolute Gasteiger partial charge is 0.0712 e. The summed E-state index contributed by atoms with van der Waals surface area (Å²) in [6, 6.07) is 0. The fourth-order valence-electron chi connectivity index (χ4n) is 0.230. The van der Waals surface area contributed by atoms with E-state index < -0.39 is 0 Å². The molecule has 0 amide bonds. The quantitative estimate of drug-likeness (QED) is 0.535. The summed E-state index contributed by atoms with van der Waals surface area (Å²) in [6.07, 6.45) is 3.99. The average molecular weight is 148 g/mol. The van der Waals surface area contributed by atoms with Gasteiger partial charge in [0.25, 0.3) is 0 Å². The molecule has 35 valence electrons. The fraction of sp³-hybridized carbons (Fsp3) is 0.400. The Morgan fingerprint density at radius 3 is 2.17 bits per heavy atom. The van der Waals surface area contributed by atoms with E-state index in [9.17, 15) is 0 Å². The number of halogens is 1. The van der Waals surface area contributed by atoms with Crippen LogP contribution in [0.4, 0.5) is 0 Å². The molecule has 0 aliphatic heterocycles. The molecule has 0 bridgehead atoms. The molecule has 0 saturated heterocycles. The Balaban J connectivity index is 3.14. The van der Waals surface area contributed by atoms with E-state index in [0.717, 1.165) is 0 Å². The van der Waals surface area contributed by atoms with Gasteiger partial charge in [-0.25, -0.2) is 0 Å². The van der Waals surface area contributed by atoms with Gasteiger partial charge in [0.1, 0.15) is 0 Å². The molecule has 1 heteroatoms. The van der Waals surface area contributed by atoms with Crippen molar-refractivity contribution in [3.05, 3.63) is 17.0 Å². The topological polar surface area (TPSA) is 0 Å². The SMILES string of the molecule is C[CH]/C=C(/C)Br. The van der Waals surface area contributed by atoms with Gasteiger partial charge in [-0.3, -0.25) is 0 Å². The number of rotatable bonds is 1. The summed E-state index contributed by atoms with van der Waals surface area (Å²) in [5.41, 5.74) is 0. The smallest absolute Gasteiger partial charge is 0.0117 e. The summed E-state index contributed by atoms with van der Waals surface area (Å²) in [7, 11) is 0. The molecule has 0 unspecified atom stereocenters. The van der Waals surface area contributed by atoms with Crippen LogP contribution in [0.5, 0.6) is 0 Å². The van der Waals surface area contributed by atoms with E-state index in [-0.39, 0.29) is 0 Å². The summed E-state index contributed by atoms with van der Waals surface area (Å²) < 4.78 is 1.17. The zero-order valence-corrected chi connectivity index (χ0v) is 5.62. The average Bonchev–Trinajstić information content (AvgIpc) is 1.35. The van der Waals surface area contributed by atoms with Crippen LogP contribution in [0, 0.1) is 6.42 Å². The van der Waals surface area contributed by atoms with E-state index in [1.165, 1.54) is 4.48 Å². The molecule has 0 N–H and O–H groups in total. The van der Waals surface area contributed by atoms with Crippen LogP contribution in [0.15, 0.2) is 10.6 Å². The second kappa shape index (κ2) is 3.41. The lowest BCUT2D eigenvalue weighted by atomic mass is 10.4. The Bertz CT molecular complexity index is 51.0. The Labute approximate surface area is 47.4 Å². The van der Waals surface area contributed by atoms with Crippen molar-refractivity contribution < 1.29 is 0 Å². The molecule has 0 heterocycles. The Kier molecular flexibility index (Phi) is 3.54. The summed E-state index contributed by atoms with van der Waals surface area (Å²) >= 11 is 3.26. The van der Waals surface area contributed by atoms with Crippen LogP contribution in [-0.4, -0.2) is 0 Å². The van der Waals surface area contributed by atoms with Crippen LogP contribution < -0.4 is 0 Å². The Hall–Kier alpha value is 0.220. The van der Waals surface area contributed by atoms with Gasteiger partial charge in [-0.05, 0) is 17.8 Å². The molecule has 0 spiro atoms. The minimum atomic E-state index is 1.17. The standard InChI is InChI=1S/C5H8Br/c1-3-4-5(2)6/h3-4H,1-2H3/b5-4-. The molecule has 0 rings (SSSR count). The first kappa shape index (κ1) is 6.22. The molecular formula is C5H8Br. The highest BCUT2D eigenvalue weighted by molar-refractivity contribution is 9.11. The van der Waals surface area contributed by atoms with Crippen molar-refractivity contribution in [2.75, 3.05) is 0 Å². The van der Waals surface area contributed by atoms with Gasteiger partial charge in [0.15, 0.2) is 0 Å². The van der Waals surface area contributed by atoms with Crippen LogP contribution in [0.3, 0.4) is 0 Å². The zero-order valence-electron chi connectivity index (χ0n) is 4.03. The van der Waals surface area contributed by atoms with Crippen molar-refractivity contribution in [1.29, 1.82) is 0 Å². The van der Waals surface area contributed by atoms with Crippen LogP contribution in [0.2, 0.25) is 0 Å². The lowest BCUT2D eigenvalue weighted by molar-refractivity contribution is 1.52. The number of allylic oxidation sites excluding steroid dienone is 2. The molecule has 0 aromatic rings. The van der Waals surface area contributed by atoms with Crippen molar-refractivity contribution >= 4 is 15.9 Å². The lowest BCUT2D eigenvalue weighted by Crippen LogP contribution is -1.54. The Morgan fingerprint density at radius 2 is 2.17 bits per heavy atom. The summed E-state index contributed by atoms with van der Waals surface area (Å²) in [4.78, 5) is 0. The molecule has 1 radical (unpaired) electrons. The van der Waals surface area contributed by atoms with Gasteiger partial charge in [0, 0.05) is 0 Å². The van der Waals surface area contributed by atoms with Gasteiger partial charge in [-0.1, -0.05) is 28.9 Å². The monoisotopic (exact) mass is 147 g/mol. The van der Waals surface area contributed by atoms with Gasteiger partial charge < -0.3 is 0 Å². The summed E-state index contributed by atoms with van der Waals surface area (Å²) in [5.74, 6) is 0. The van der Waals surface area contributed by atoms with E-state index in [4.69, 9.17) is 0 Å². The van der Waals surface area contributed by atoms with E-state index in [1.54, 1.807) is 0 Å². The number of hydrogen-bond donors (Lipinski definition) is 0. The second-order valence-electron chi connectivity index (χ2n) is 1.09. The maximum Gasteiger partial charge on any atom is -0.0117 e. The van der Waals surface area contributed by atoms with Gasteiger partial charge in [0.2, 0.25) is 0 Å². The molecule has 0 aromatic carbocycles. The maximum atomic E-state index is 3.26. The van der Waals surface area contributed by atoms with Gasteiger partial charge in [0.05, 0.1) is 0 Å². The molecule has 0 aliphatic carbocycles. The second-order valence-corrected chi connectivity index (χ2v) is 2.34. The zero-order chi connectivity index (χ0) is 4.99. The van der Waals surface area contributed by atoms with Crippen LogP contribution in [0.25, 0.3) is 0 Å². The van der Waals surface area contributed by atoms with Crippen molar-refractivity contribution in [3.8, 4) is 0 Å². The molecule has 0 aromatic heterocycles. The molecule has 0 aliphatic rings. The van der Waals surface area contributed by atoms with E-state index in [2.05, 4.69) is 15.9 Å². The van der Waals surface area contributed by atoms with Crippen molar-refractivity contribution in [3.63, 3.8) is 0 Å². The molecular weight excluding hydrogens is 140 g/mol. The highest BCUT2D eigenvalue weighted by Crippen LogP contribution is 2.00. The first-order chi connectivity index (χ1) is 2.77. The van der Waals surface area contributed by atoms with Crippen LogP contribution in [-0.2, 0) is 0 Å². The first-order valence-electron chi connectivity index (χ1n) is 1.89. The maximum absolute atomic E-state index is 3.26. The third kappa shape index (κ3) is 4.22. The van der Waals surface area contributed by atoms with Gasteiger partial charge >= 0.3 is 0 Å². The minimum Gasteiger partial charge on any atom is -0.0712 e. The van der Waals surface area contributed by atoms with Crippen LogP contribution >= 0.6 is 15.9 Å². The van der Waals surface area contributed by atoms with E-state index in [0.29, 0.717) is 0 Å². The minimum absolute atomic E-state index is 1.17. The van der Waals surface area contributed by atoms with E-state index in [1.807, 2.05) is 26.3 Å². The third-order valence-corrected chi connectivity index (χ3v) is 0.661. The molecule has 0 fully saturated rings. The highest BCUT2D eigenvalue weighted by Gasteiger charge is 1.70. The summed E-state index contributed by atoms with van der Waals surface area (Å²) in [5, 5.41) is 0. The molecule has 0 atom stereocenters. The van der Waals surface area contributed by atoms with Crippen molar-refractivity contribution in [2.24, 2.45) is 0 Å². The number of hydrogen-bond acceptors (Lipinski definition) is 0. The normalized spacial score (nSPS) is 12.2. The highest BCUT2D eigenvalue weighted by atomic mass is 79.9. The molecule has 0 nitrogen and oxygen atoms in total. The van der Waals surface area contributed by atoms with Crippen molar-refractivity contribution in [2.45, 2.75) is 13.8 Å². The third-order valence-electron chi connectivity index (χ3n) is 0.396. The van der Waals surface area contributed by atoms with Crippen LogP contribution in [0.1, 0.15) is 13.8 Å². The molecule has 6 heavy (non-hydrogen) atoms. The fourth-order valence-corrected chi connectivity index (χ4v) is 0.494. The van der Waals surface area contributed by atoms with Crippen molar-refractivity contribution in [1.82, 2.24) is 0 Å².